The van der Waals surface area contributed by atoms with E-state index < -0.39 is 0 Å². The molecule has 1 atom stereocenters. The Morgan fingerprint density at radius 2 is 2.00 bits per heavy atom. The van der Waals surface area contributed by atoms with Crippen molar-refractivity contribution in [3.8, 4) is 0 Å². The fourth-order valence-electron chi connectivity index (χ4n) is 3.14. The molecule has 1 fully saturated rings. The van der Waals surface area contributed by atoms with E-state index in [2.05, 4.69) is 31.5 Å². The summed E-state index contributed by atoms with van der Waals surface area (Å²) in [6.07, 6.45) is 13.0. The SMILES string of the molecule is O=C(C1CC=CCC1)N1CCN(CCn2ccnc2)CC1. The van der Waals surface area contributed by atoms with Crippen molar-refractivity contribution in [1.82, 2.24) is 19.4 Å². The fourth-order valence-corrected chi connectivity index (χ4v) is 3.14. The number of piperazine rings is 1. The number of aromatic nitrogens is 2. The van der Waals surface area contributed by atoms with Crippen LogP contribution in [0.1, 0.15) is 19.3 Å². The third-order valence-corrected chi connectivity index (χ3v) is 4.54. The number of hydrogen-bond donors (Lipinski definition) is 0. The molecule has 0 radical (unpaired) electrons. The van der Waals surface area contributed by atoms with Gasteiger partial charge in [-0.15, -0.1) is 0 Å². The van der Waals surface area contributed by atoms with E-state index >= 15 is 0 Å². The van der Waals surface area contributed by atoms with Crippen molar-refractivity contribution in [1.29, 1.82) is 0 Å². The Morgan fingerprint density at radius 1 is 1.14 bits per heavy atom. The van der Waals surface area contributed by atoms with Crippen LogP contribution in [0.3, 0.4) is 0 Å². The first-order chi connectivity index (χ1) is 10.3. The molecule has 2 heterocycles. The summed E-state index contributed by atoms with van der Waals surface area (Å²) in [5.74, 6) is 0.598. The third kappa shape index (κ3) is 3.73. The first kappa shape index (κ1) is 14.3. The highest BCUT2D eigenvalue weighted by molar-refractivity contribution is 5.79. The van der Waals surface area contributed by atoms with Gasteiger partial charge >= 0.3 is 0 Å². The molecule has 0 bridgehead atoms. The zero-order valence-electron chi connectivity index (χ0n) is 12.5. The molecule has 1 amide bonds. The maximum Gasteiger partial charge on any atom is 0.226 e. The van der Waals surface area contributed by atoms with Gasteiger partial charge in [0.05, 0.1) is 6.33 Å². The quantitative estimate of drug-likeness (QED) is 0.786. The minimum absolute atomic E-state index is 0.229. The van der Waals surface area contributed by atoms with E-state index in [9.17, 15) is 4.79 Å². The molecule has 1 aliphatic heterocycles. The first-order valence-corrected chi connectivity index (χ1v) is 7.95. The van der Waals surface area contributed by atoms with E-state index in [-0.39, 0.29) is 5.92 Å². The summed E-state index contributed by atoms with van der Waals surface area (Å²) < 4.78 is 2.10. The molecule has 5 heteroatoms. The number of imidazole rings is 1. The molecule has 1 unspecified atom stereocenters. The van der Waals surface area contributed by atoms with E-state index in [4.69, 9.17) is 0 Å². The summed E-state index contributed by atoms with van der Waals surface area (Å²) in [4.78, 5) is 21.0. The van der Waals surface area contributed by atoms with Crippen molar-refractivity contribution in [3.63, 3.8) is 0 Å². The highest BCUT2D eigenvalue weighted by Crippen LogP contribution is 2.21. The van der Waals surface area contributed by atoms with Gasteiger partial charge in [0, 0.05) is 57.6 Å². The molecule has 0 aromatic carbocycles. The van der Waals surface area contributed by atoms with Crippen LogP contribution in [0.2, 0.25) is 0 Å². The zero-order chi connectivity index (χ0) is 14.5. The maximum atomic E-state index is 12.5. The number of hydrogen-bond acceptors (Lipinski definition) is 3. The molecule has 21 heavy (non-hydrogen) atoms. The van der Waals surface area contributed by atoms with E-state index in [1.54, 1.807) is 0 Å². The maximum absolute atomic E-state index is 12.5. The Balaban J connectivity index is 1.42. The Morgan fingerprint density at radius 3 is 2.67 bits per heavy atom. The second kappa shape index (κ2) is 6.89. The topological polar surface area (TPSA) is 41.4 Å². The highest BCUT2D eigenvalue weighted by Gasteiger charge is 2.27. The van der Waals surface area contributed by atoms with Gasteiger partial charge in [-0.2, -0.15) is 0 Å². The van der Waals surface area contributed by atoms with Crippen LogP contribution in [0.25, 0.3) is 0 Å². The average Bonchev–Trinajstić information content (AvgIpc) is 3.07. The van der Waals surface area contributed by atoms with Crippen LogP contribution >= 0.6 is 0 Å². The molecule has 114 valence electrons. The van der Waals surface area contributed by atoms with Crippen molar-refractivity contribution in [3.05, 3.63) is 30.9 Å². The Labute approximate surface area is 126 Å². The third-order valence-electron chi connectivity index (χ3n) is 4.54. The van der Waals surface area contributed by atoms with E-state index in [1.807, 2.05) is 18.7 Å². The number of carbonyl (C=O) groups is 1. The van der Waals surface area contributed by atoms with Crippen LogP contribution in [0.15, 0.2) is 30.9 Å². The first-order valence-electron chi connectivity index (χ1n) is 7.95. The van der Waals surface area contributed by atoms with E-state index in [0.29, 0.717) is 5.91 Å². The normalized spacial score (nSPS) is 23.4. The Kier molecular flexibility index (Phi) is 4.70. The van der Waals surface area contributed by atoms with Crippen molar-refractivity contribution in [2.24, 2.45) is 5.92 Å². The summed E-state index contributed by atoms with van der Waals surface area (Å²) >= 11 is 0. The molecule has 1 aromatic heterocycles. The lowest BCUT2D eigenvalue weighted by Crippen LogP contribution is -2.50. The molecule has 1 aromatic rings. The highest BCUT2D eigenvalue weighted by atomic mass is 16.2. The van der Waals surface area contributed by atoms with Gasteiger partial charge in [0.25, 0.3) is 0 Å². The summed E-state index contributed by atoms with van der Waals surface area (Å²) in [5, 5.41) is 0. The monoisotopic (exact) mass is 288 g/mol. The lowest BCUT2D eigenvalue weighted by atomic mass is 9.93. The molecule has 5 nitrogen and oxygen atoms in total. The van der Waals surface area contributed by atoms with Crippen molar-refractivity contribution in [2.75, 3.05) is 32.7 Å². The van der Waals surface area contributed by atoms with E-state index in [1.165, 1.54) is 0 Å². The van der Waals surface area contributed by atoms with Gasteiger partial charge in [-0.25, -0.2) is 4.98 Å². The van der Waals surface area contributed by atoms with E-state index in [0.717, 1.165) is 58.5 Å². The predicted octanol–water partition coefficient (Wildman–Crippen LogP) is 1.38. The molecule has 0 N–H and O–H groups in total. The van der Waals surface area contributed by atoms with Gasteiger partial charge in [-0.1, -0.05) is 12.2 Å². The smallest absolute Gasteiger partial charge is 0.226 e. The van der Waals surface area contributed by atoms with Gasteiger partial charge < -0.3 is 9.47 Å². The molecule has 0 saturated carbocycles. The lowest BCUT2D eigenvalue weighted by molar-refractivity contribution is -0.137. The van der Waals surface area contributed by atoms with Crippen LogP contribution < -0.4 is 0 Å². The number of rotatable bonds is 4. The fraction of sp³-hybridized carbons (Fsp3) is 0.625. The van der Waals surface area contributed by atoms with Crippen molar-refractivity contribution < 1.29 is 4.79 Å². The Hall–Kier alpha value is -1.62. The molecular weight excluding hydrogens is 264 g/mol. The lowest BCUT2D eigenvalue weighted by Gasteiger charge is -2.36. The summed E-state index contributed by atoms with van der Waals surface area (Å²) in [5.41, 5.74) is 0. The number of amides is 1. The van der Waals surface area contributed by atoms with Gasteiger partial charge in [0.1, 0.15) is 0 Å². The van der Waals surface area contributed by atoms with Crippen LogP contribution in [0.5, 0.6) is 0 Å². The average molecular weight is 288 g/mol. The molecule has 3 rings (SSSR count). The predicted molar refractivity (Wildman–Crippen MR) is 81.7 cm³/mol. The number of allylic oxidation sites excluding steroid dienone is 2. The van der Waals surface area contributed by atoms with Gasteiger partial charge in [-0.05, 0) is 19.3 Å². The van der Waals surface area contributed by atoms with Gasteiger partial charge in [-0.3, -0.25) is 9.69 Å². The molecule has 1 aliphatic carbocycles. The minimum atomic E-state index is 0.229. The van der Waals surface area contributed by atoms with Gasteiger partial charge in [0.2, 0.25) is 5.91 Å². The Bertz CT molecular complexity index is 474. The van der Waals surface area contributed by atoms with Gasteiger partial charge in [0.15, 0.2) is 0 Å². The molecule has 2 aliphatic rings. The van der Waals surface area contributed by atoms with Crippen LogP contribution in [-0.2, 0) is 11.3 Å². The summed E-state index contributed by atoms with van der Waals surface area (Å²) in [7, 11) is 0. The molecular formula is C16H24N4O. The minimum Gasteiger partial charge on any atom is -0.340 e. The van der Waals surface area contributed by atoms with Crippen molar-refractivity contribution >= 4 is 5.91 Å². The second-order valence-corrected chi connectivity index (χ2v) is 5.95. The summed E-state index contributed by atoms with van der Waals surface area (Å²) in [6, 6.07) is 0. The zero-order valence-corrected chi connectivity index (χ0v) is 12.5. The van der Waals surface area contributed by atoms with Crippen LogP contribution in [-0.4, -0.2) is 58.0 Å². The second-order valence-electron chi connectivity index (χ2n) is 5.95. The number of carbonyl (C=O) groups excluding carboxylic acids is 1. The largest absolute Gasteiger partial charge is 0.340 e. The molecule has 0 spiro atoms. The van der Waals surface area contributed by atoms with Crippen LogP contribution in [0, 0.1) is 5.92 Å². The number of nitrogens with zero attached hydrogens (tertiary/aromatic N) is 4. The summed E-state index contributed by atoms with van der Waals surface area (Å²) in [6.45, 7) is 5.74. The van der Waals surface area contributed by atoms with Crippen LogP contribution in [0.4, 0.5) is 0 Å². The van der Waals surface area contributed by atoms with Crippen molar-refractivity contribution in [2.45, 2.75) is 25.8 Å². The molecule has 1 saturated heterocycles. The standard InChI is InChI=1S/C16H24N4O/c21-16(15-4-2-1-3-5-15)20-12-10-18(11-13-20)8-9-19-7-6-17-14-19/h1-2,6-7,14-15H,3-5,8-13H2.